The summed E-state index contributed by atoms with van der Waals surface area (Å²) in [6.45, 7) is 2.15. The largest absolute Gasteiger partial charge is 0.493 e. The summed E-state index contributed by atoms with van der Waals surface area (Å²) in [5.41, 5.74) is 2.81. The Morgan fingerprint density at radius 2 is 1.93 bits per heavy atom. The molecule has 6 atom stereocenters. The van der Waals surface area contributed by atoms with Crippen LogP contribution in [-0.4, -0.2) is 71.7 Å². The number of carbonyl (C=O) groups is 3. The van der Waals surface area contributed by atoms with Crippen LogP contribution >= 0.6 is 22.6 Å². The Hall–Kier alpha value is -2.96. The molecule has 5 rings (SSSR count). The van der Waals surface area contributed by atoms with Gasteiger partial charge in [-0.05, 0) is 90.3 Å². The summed E-state index contributed by atoms with van der Waals surface area (Å²) in [6, 6.07) is 10.4. The molecule has 2 saturated carbocycles. The zero-order valence-electron chi connectivity index (χ0n) is 25.2. The van der Waals surface area contributed by atoms with Crippen molar-refractivity contribution in [2.45, 2.75) is 70.2 Å². The third kappa shape index (κ3) is 7.29. The second kappa shape index (κ2) is 14.4. The molecule has 2 bridgehead atoms. The number of amides is 2. The van der Waals surface area contributed by atoms with Crippen LogP contribution in [0.2, 0.25) is 0 Å². The minimum atomic E-state index is -1.16. The van der Waals surface area contributed by atoms with E-state index in [0.717, 1.165) is 17.5 Å². The number of nitrogens with one attached hydrogen (secondary N) is 1. The molecule has 0 heterocycles. The van der Waals surface area contributed by atoms with E-state index in [2.05, 4.69) is 5.32 Å². The lowest BCUT2D eigenvalue weighted by atomic mass is 9.84. The van der Waals surface area contributed by atoms with Crippen molar-refractivity contribution >= 4 is 40.7 Å². The van der Waals surface area contributed by atoms with E-state index < -0.39 is 24.2 Å². The monoisotopic (exact) mass is 716 g/mol. The number of methoxy groups -OCH3 is 1. The fraction of sp³-hybridized carbons (Fsp3) is 0.500. The minimum Gasteiger partial charge on any atom is -0.493 e. The number of benzene rings is 2. The first-order valence-corrected chi connectivity index (χ1v) is 16.4. The standard InChI is InChI=1S/C34H41IN2O7/c1-20-3-5-21(6-4-20)18-37(31(40)17-25-12-22-7-8-24(25)11-22)28-15-26(34(42)36-9-10-38)16-29(32(28)41)44-33-27(35)13-23(19-39)14-30(33)43-2/h3-6,13-14,16,19,22,24-25,28-29,32,38,41H,7-12,15,17-18H2,1-2H3,(H,36,42)/t22?,24?,25?,28-,29+,32+/m1/s1. The molecular weight excluding hydrogens is 675 g/mol. The number of hydrogen-bond donors (Lipinski definition) is 3. The minimum absolute atomic E-state index is 0.0366. The Morgan fingerprint density at radius 3 is 2.57 bits per heavy atom. The Labute approximate surface area is 272 Å². The number of aldehydes is 1. The van der Waals surface area contributed by atoms with Crippen molar-refractivity contribution in [1.82, 2.24) is 10.2 Å². The van der Waals surface area contributed by atoms with Gasteiger partial charge in [-0.1, -0.05) is 36.2 Å². The number of aliphatic hydroxyl groups is 2. The normalized spacial score (nSPS) is 25.7. The number of halogens is 1. The summed E-state index contributed by atoms with van der Waals surface area (Å²) in [5.74, 6) is 1.82. The van der Waals surface area contributed by atoms with Crippen molar-refractivity contribution in [3.05, 3.63) is 68.3 Å². The summed E-state index contributed by atoms with van der Waals surface area (Å²) >= 11 is 2.04. The van der Waals surface area contributed by atoms with Crippen molar-refractivity contribution in [2.75, 3.05) is 20.3 Å². The van der Waals surface area contributed by atoms with Crippen LogP contribution in [0.4, 0.5) is 0 Å². The van der Waals surface area contributed by atoms with Crippen LogP contribution in [0.1, 0.15) is 60.0 Å². The average Bonchev–Trinajstić information content (AvgIpc) is 3.65. The van der Waals surface area contributed by atoms with E-state index in [9.17, 15) is 24.6 Å². The van der Waals surface area contributed by atoms with E-state index in [0.29, 0.717) is 56.7 Å². The molecule has 236 valence electrons. The molecule has 0 saturated heterocycles. The molecule has 0 radical (unpaired) electrons. The first-order valence-electron chi connectivity index (χ1n) is 15.3. The molecule has 3 aliphatic rings. The summed E-state index contributed by atoms with van der Waals surface area (Å²) in [6.07, 6.45) is 5.36. The number of rotatable bonds is 12. The van der Waals surface area contributed by atoms with Gasteiger partial charge >= 0.3 is 0 Å². The smallest absolute Gasteiger partial charge is 0.247 e. The summed E-state index contributed by atoms with van der Waals surface area (Å²) < 4.78 is 12.5. The van der Waals surface area contributed by atoms with E-state index in [1.807, 2.05) is 53.8 Å². The zero-order chi connectivity index (χ0) is 31.4. The maximum atomic E-state index is 14.2. The van der Waals surface area contributed by atoms with E-state index in [-0.39, 0.29) is 32.0 Å². The summed E-state index contributed by atoms with van der Waals surface area (Å²) in [7, 11) is 1.47. The lowest BCUT2D eigenvalue weighted by Crippen LogP contribution is -2.55. The van der Waals surface area contributed by atoms with Crippen LogP contribution in [0, 0.1) is 28.2 Å². The van der Waals surface area contributed by atoms with Crippen molar-refractivity contribution in [3.63, 3.8) is 0 Å². The molecule has 0 aliphatic heterocycles. The number of ether oxygens (including phenoxy) is 2. The van der Waals surface area contributed by atoms with Crippen molar-refractivity contribution in [2.24, 2.45) is 17.8 Å². The zero-order valence-corrected chi connectivity index (χ0v) is 27.4. The van der Waals surface area contributed by atoms with Crippen LogP contribution in [0.25, 0.3) is 0 Å². The van der Waals surface area contributed by atoms with Gasteiger partial charge in [-0.25, -0.2) is 0 Å². The van der Waals surface area contributed by atoms with Crippen LogP contribution in [-0.2, 0) is 16.1 Å². The van der Waals surface area contributed by atoms with Gasteiger partial charge in [0.05, 0.1) is 23.3 Å². The average molecular weight is 717 g/mol. The predicted octanol–water partition coefficient (Wildman–Crippen LogP) is 4.19. The molecular formula is C34H41IN2O7. The highest BCUT2D eigenvalue weighted by Crippen LogP contribution is 2.50. The fourth-order valence-electron chi connectivity index (χ4n) is 7.09. The molecule has 3 N–H and O–H groups in total. The van der Waals surface area contributed by atoms with Gasteiger partial charge in [-0.15, -0.1) is 0 Å². The van der Waals surface area contributed by atoms with Crippen molar-refractivity contribution in [1.29, 1.82) is 0 Å². The van der Waals surface area contributed by atoms with Gasteiger partial charge in [0, 0.05) is 37.1 Å². The van der Waals surface area contributed by atoms with Gasteiger partial charge in [-0.2, -0.15) is 0 Å². The van der Waals surface area contributed by atoms with Crippen molar-refractivity contribution in [3.8, 4) is 11.5 Å². The maximum Gasteiger partial charge on any atom is 0.247 e. The van der Waals surface area contributed by atoms with Crippen LogP contribution in [0.3, 0.4) is 0 Å². The maximum absolute atomic E-state index is 14.2. The van der Waals surface area contributed by atoms with E-state index >= 15 is 0 Å². The molecule has 2 amide bonds. The van der Waals surface area contributed by atoms with Gasteiger partial charge in [0.25, 0.3) is 0 Å². The van der Waals surface area contributed by atoms with E-state index in [1.54, 1.807) is 23.1 Å². The molecule has 10 heteroatoms. The lowest BCUT2D eigenvalue weighted by Gasteiger charge is -2.41. The number of nitrogens with zero attached hydrogens (tertiary/aromatic N) is 1. The predicted molar refractivity (Wildman–Crippen MR) is 173 cm³/mol. The second-order valence-electron chi connectivity index (χ2n) is 12.3. The topological polar surface area (TPSA) is 125 Å². The highest BCUT2D eigenvalue weighted by atomic mass is 127. The first kappa shape index (κ1) is 32.4. The van der Waals surface area contributed by atoms with Gasteiger partial charge in [0.15, 0.2) is 11.5 Å². The third-order valence-corrected chi connectivity index (χ3v) is 10.2. The number of fused-ring (bicyclic) bond motifs is 2. The molecule has 3 unspecified atom stereocenters. The molecule has 9 nitrogen and oxygen atoms in total. The van der Waals surface area contributed by atoms with Gasteiger partial charge in [0.2, 0.25) is 11.8 Å². The van der Waals surface area contributed by atoms with E-state index in [4.69, 9.17) is 9.47 Å². The number of carbonyl (C=O) groups excluding carboxylic acids is 3. The quantitative estimate of drug-likeness (QED) is 0.222. The number of hydrogen-bond acceptors (Lipinski definition) is 7. The Kier molecular flexibility index (Phi) is 10.6. The second-order valence-corrected chi connectivity index (χ2v) is 13.5. The van der Waals surface area contributed by atoms with Gasteiger partial charge < -0.3 is 29.9 Å². The SMILES string of the molecule is COc1cc(C=O)cc(I)c1O[C@H]1C=C(C(=O)NCCO)C[C@@H](N(Cc2ccc(C)cc2)C(=O)CC2CC3CCC2C3)[C@@H]1O. The number of aliphatic hydroxyl groups excluding tert-OH is 2. The highest BCUT2D eigenvalue weighted by molar-refractivity contribution is 14.1. The van der Waals surface area contributed by atoms with Crippen LogP contribution in [0.15, 0.2) is 48.0 Å². The van der Waals surface area contributed by atoms with Gasteiger partial charge in [0.1, 0.15) is 18.5 Å². The third-order valence-electron chi connectivity index (χ3n) is 9.37. The van der Waals surface area contributed by atoms with E-state index in [1.165, 1.54) is 26.4 Å². The summed E-state index contributed by atoms with van der Waals surface area (Å²) in [4.78, 5) is 40.6. The lowest BCUT2D eigenvalue weighted by molar-refractivity contribution is -0.141. The molecule has 2 fully saturated rings. The molecule has 0 spiro atoms. The fourth-order valence-corrected chi connectivity index (χ4v) is 7.84. The Bertz CT molecular complexity index is 1390. The number of aryl methyl sites for hydroxylation is 1. The Balaban J connectivity index is 1.49. The summed E-state index contributed by atoms with van der Waals surface area (Å²) in [5, 5.41) is 23.9. The molecule has 3 aliphatic carbocycles. The molecule has 0 aromatic heterocycles. The van der Waals surface area contributed by atoms with Gasteiger partial charge in [-0.3, -0.25) is 14.4 Å². The molecule has 2 aromatic rings. The van der Waals surface area contributed by atoms with Crippen LogP contribution < -0.4 is 14.8 Å². The molecule has 44 heavy (non-hydrogen) atoms. The Morgan fingerprint density at radius 1 is 1.16 bits per heavy atom. The first-order chi connectivity index (χ1) is 21.2. The highest BCUT2D eigenvalue weighted by Gasteiger charge is 2.44. The van der Waals surface area contributed by atoms with Crippen molar-refractivity contribution < 1.29 is 34.1 Å². The molecule has 2 aromatic carbocycles. The van der Waals surface area contributed by atoms with Crippen LogP contribution in [0.5, 0.6) is 11.5 Å².